The first-order valence-corrected chi connectivity index (χ1v) is 9.59. The van der Waals surface area contributed by atoms with Gasteiger partial charge in [-0.2, -0.15) is 4.52 Å². The summed E-state index contributed by atoms with van der Waals surface area (Å²) in [6.45, 7) is 3.01. The lowest BCUT2D eigenvalue weighted by atomic mass is 9.93. The molecule has 0 bridgehead atoms. The Kier molecular flexibility index (Phi) is 4.56. The highest BCUT2D eigenvalue weighted by atomic mass is 32.1. The zero-order valence-electron chi connectivity index (χ0n) is 14.8. The van der Waals surface area contributed by atoms with Crippen LogP contribution in [0, 0.1) is 18.7 Å². The van der Waals surface area contributed by atoms with Crippen LogP contribution in [0.4, 0.5) is 4.39 Å². The normalized spacial score (nSPS) is 17.4. The van der Waals surface area contributed by atoms with Crippen LogP contribution in [0.3, 0.4) is 0 Å². The first-order chi connectivity index (χ1) is 12.9. The fraction of sp³-hybridized carbons (Fsp3) is 0.389. The molecule has 3 aromatic rings. The van der Waals surface area contributed by atoms with Crippen molar-refractivity contribution < 1.29 is 14.3 Å². The number of piperidine rings is 1. The highest BCUT2D eigenvalue weighted by Gasteiger charge is 2.33. The quantitative estimate of drug-likeness (QED) is 0.713. The summed E-state index contributed by atoms with van der Waals surface area (Å²) >= 11 is 1.34. The van der Waals surface area contributed by atoms with Crippen molar-refractivity contribution in [2.45, 2.75) is 25.8 Å². The predicted octanol–water partition coefficient (Wildman–Crippen LogP) is 2.23. The summed E-state index contributed by atoms with van der Waals surface area (Å²) in [4.78, 5) is 19.2. The van der Waals surface area contributed by atoms with Crippen molar-refractivity contribution in [3.63, 3.8) is 0 Å². The first-order valence-electron chi connectivity index (χ1n) is 8.78. The van der Waals surface area contributed by atoms with Gasteiger partial charge in [0.15, 0.2) is 0 Å². The Morgan fingerprint density at radius 3 is 2.78 bits per heavy atom. The molecule has 142 valence electrons. The van der Waals surface area contributed by atoms with Gasteiger partial charge in [0.2, 0.25) is 16.7 Å². The molecule has 1 fully saturated rings. The molecule has 0 unspecified atom stereocenters. The van der Waals surface area contributed by atoms with E-state index in [1.54, 1.807) is 13.0 Å². The van der Waals surface area contributed by atoms with Crippen molar-refractivity contribution in [2.75, 3.05) is 13.1 Å². The number of aromatic nitrogens is 3. The van der Waals surface area contributed by atoms with Crippen LogP contribution in [-0.2, 0) is 4.79 Å². The second kappa shape index (κ2) is 6.90. The maximum Gasteiger partial charge on any atom is 0.230 e. The lowest BCUT2D eigenvalue weighted by Gasteiger charge is -2.36. The molecule has 3 N–H and O–H groups in total. The number of aryl methyl sites for hydroxylation is 1. The molecular formula is C18H20FN5O2S. The highest BCUT2D eigenvalue weighted by molar-refractivity contribution is 7.17. The summed E-state index contributed by atoms with van der Waals surface area (Å²) in [5, 5.41) is 15.0. The highest BCUT2D eigenvalue weighted by Crippen LogP contribution is 2.41. The molecule has 1 saturated heterocycles. The minimum Gasteiger partial charge on any atom is -0.492 e. The van der Waals surface area contributed by atoms with Gasteiger partial charge in [0, 0.05) is 5.92 Å². The molecule has 0 saturated carbocycles. The Morgan fingerprint density at radius 1 is 1.41 bits per heavy atom. The van der Waals surface area contributed by atoms with Gasteiger partial charge in [-0.25, -0.2) is 9.37 Å². The monoisotopic (exact) mass is 389 g/mol. The molecule has 7 nitrogen and oxygen atoms in total. The van der Waals surface area contributed by atoms with Crippen molar-refractivity contribution in [1.29, 1.82) is 0 Å². The average Bonchev–Trinajstić information content (AvgIpc) is 3.14. The molecule has 1 aliphatic rings. The molecule has 1 aromatic carbocycles. The van der Waals surface area contributed by atoms with Crippen molar-refractivity contribution in [3.8, 4) is 5.88 Å². The van der Waals surface area contributed by atoms with Gasteiger partial charge in [-0.1, -0.05) is 23.5 Å². The minimum absolute atomic E-state index is 0.0156. The molecule has 0 aliphatic carbocycles. The number of halogens is 1. The number of hydrogen-bond donors (Lipinski definition) is 2. The zero-order valence-corrected chi connectivity index (χ0v) is 15.6. The Bertz CT molecular complexity index is 993. The van der Waals surface area contributed by atoms with Crippen LogP contribution < -0.4 is 5.73 Å². The van der Waals surface area contributed by atoms with Crippen LogP contribution in [0.2, 0.25) is 0 Å². The Hall–Kier alpha value is -2.52. The van der Waals surface area contributed by atoms with Gasteiger partial charge in [0.25, 0.3) is 0 Å². The molecule has 2 aromatic heterocycles. The number of carbonyl (C=O) groups excluding carboxylic acids is 1. The summed E-state index contributed by atoms with van der Waals surface area (Å²) in [5.41, 5.74) is 6.18. The summed E-state index contributed by atoms with van der Waals surface area (Å²) < 4.78 is 15.3. The Balaban J connectivity index is 1.75. The van der Waals surface area contributed by atoms with E-state index in [-0.39, 0.29) is 29.6 Å². The van der Waals surface area contributed by atoms with Crippen LogP contribution in [0.25, 0.3) is 4.96 Å². The zero-order chi connectivity index (χ0) is 19.1. The fourth-order valence-corrected chi connectivity index (χ4v) is 4.84. The summed E-state index contributed by atoms with van der Waals surface area (Å²) in [5.74, 6) is -0.170. The molecule has 9 heteroatoms. The van der Waals surface area contributed by atoms with Gasteiger partial charge in [-0.05, 0) is 50.6 Å². The SMILES string of the molecule is Cc1nc2sc([C@@H](c3cccc(F)c3)N3CCC(C(N)=O)CC3)c(O)n2n1. The fourth-order valence-electron chi connectivity index (χ4n) is 3.67. The molecular weight excluding hydrogens is 369 g/mol. The Labute approximate surface area is 159 Å². The van der Waals surface area contributed by atoms with E-state index in [1.807, 2.05) is 6.07 Å². The third-order valence-corrected chi connectivity index (χ3v) is 6.09. The molecule has 1 aliphatic heterocycles. The average molecular weight is 389 g/mol. The summed E-state index contributed by atoms with van der Waals surface area (Å²) in [6.07, 6.45) is 1.28. The van der Waals surface area contributed by atoms with E-state index < -0.39 is 0 Å². The van der Waals surface area contributed by atoms with Crippen molar-refractivity contribution >= 4 is 22.2 Å². The Morgan fingerprint density at radius 2 is 2.15 bits per heavy atom. The largest absolute Gasteiger partial charge is 0.492 e. The van der Waals surface area contributed by atoms with E-state index in [4.69, 9.17) is 5.73 Å². The smallest absolute Gasteiger partial charge is 0.230 e. The first kappa shape index (κ1) is 17.9. The molecule has 1 amide bonds. The molecule has 0 radical (unpaired) electrons. The number of nitrogens with two attached hydrogens (primary N) is 1. The van der Waals surface area contributed by atoms with Crippen LogP contribution in [0.15, 0.2) is 24.3 Å². The predicted molar refractivity (Wildman–Crippen MR) is 99.0 cm³/mol. The van der Waals surface area contributed by atoms with Crippen LogP contribution in [0.1, 0.15) is 35.1 Å². The number of primary amides is 1. The number of carbonyl (C=O) groups is 1. The number of aromatic hydroxyl groups is 1. The van der Waals surface area contributed by atoms with Gasteiger partial charge in [0.1, 0.15) is 11.6 Å². The molecule has 27 heavy (non-hydrogen) atoms. The molecule has 0 spiro atoms. The van der Waals surface area contributed by atoms with E-state index >= 15 is 0 Å². The van der Waals surface area contributed by atoms with Crippen molar-refractivity contribution in [3.05, 3.63) is 46.3 Å². The van der Waals surface area contributed by atoms with Gasteiger partial charge < -0.3 is 10.8 Å². The van der Waals surface area contributed by atoms with Crippen molar-refractivity contribution in [1.82, 2.24) is 19.5 Å². The number of amides is 1. The van der Waals surface area contributed by atoms with Gasteiger partial charge >= 0.3 is 0 Å². The number of nitrogens with zero attached hydrogens (tertiary/aromatic N) is 4. The van der Waals surface area contributed by atoms with E-state index in [9.17, 15) is 14.3 Å². The number of benzene rings is 1. The third kappa shape index (κ3) is 3.28. The van der Waals surface area contributed by atoms with E-state index in [0.717, 1.165) is 5.56 Å². The number of thiazole rings is 1. The maximum absolute atomic E-state index is 13.9. The maximum atomic E-state index is 13.9. The lowest BCUT2D eigenvalue weighted by Crippen LogP contribution is -2.40. The second-order valence-corrected chi connectivity index (χ2v) is 7.82. The summed E-state index contributed by atoms with van der Waals surface area (Å²) in [7, 11) is 0. The summed E-state index contributed by atoms with van der Waals surface area (Å²) in [6, 6.07) is 6.03. The van der Waals surface area contributed by atoms with E-state index in [0.29, 0.717) is 41.6 Å². The third-order valence-electron chi connectivity index (χ3n) is 5.02. The van der Waals surface area contributed by atoms with Gasteiger partial charge in [-0.3, -0.25) is 9.69 Å². The molecule has 3 heterocycles. The number of fused-ring (bicyclic) bond motifs is 1. The van der Waals surface area contributed by atoms with E-state index in [1.165, 1.54) is 28.0 Å². The number of rotatable bonds is 4. The van der Waals surface area contributed by atoms with Crippen LogP contribution >= 0.6 is 11.3 Å². The number of likely N-dealkylation sites (tertiary alicyclic amines) is 1. The molecule has 1 atom stereocenters. The standard InChI is InChI=1S/C18H20FN5O2S/c1-10-21-18-24(22-10)17(26)15(27-18)14(12-3-2-4-13(19)9-12)23-7-5-11(6-8-23)16(20)25/h2-4,9,11,14,26H,5-8H2,1H3,(H2,20,25)/t14-/m1/s1. The van der Waals surface area contributed by atoms with Gasteiger partial charge in [0.05, 0.1) is 10.9 Å². The van der Waals surface area contributed by atoms with Crippen molar-refractivity contribution in [2.24, 2.45) is 11.7 Å². The van der Waals surface area contributed by atoms with Crippen LogP contribution in [0.5, 0.6) is 5.88 Å². The second-order valence-electron chi connectivity index (χ2n) is 6.81. The van der Waals surface area contributed by atoms with Crippen LogP contribution in [-0.4, -0.2) is 43.6 Å². The molecule has 4 rings (SSSR count). The van der Waals surface area contributed by atoms with E-state index in [2.05, 4.69) is 15.0 Å². The number of hydrogen-bond acceptors (Lipinski definition) is 6. The van der Waals surface area contributed by atoms with Gasteiger partial charge in [-0.15, -0.1) is 5.10 Å². The lowest BCUT2D eigenvalue weighted by molar-refractivity contribution is -0.123. The topological polar surface area (TPSA) is 96.8 Å². The minimum atomic E-state index is -0.344.